The minimum atomic E-state index is -0.756. The molecule has 0 heterocycles. The van der Waals surface area contributed by atoms with Crippen LogP contribution >= 0.6 is 0 Å². The third kappa shape index (κ3) is 3.83. The number of anilines is 2. The third-order valence-electron chi connectivity index (χ3n) is 4.17. The van der Waals surface area contributed by atoms with Crippen molar-refractivity contribution in [3.05, 3.63) is 59.2 Å². The van der Waals surface area contributed by atoms with Crippen LogP contribution in [0.5, 0.6) is 0 Å². The highest BCUT2D eigenvalue weighted by Gasteiger charge is 2.28. The number of primary amides is 1. The molecule has 0 bridgehead atoms. The molecule has 1 aliphatic carbocycles. The molecular weight excluding hydrogens is 288 g/mol. The van der Waals surface area contributed by atoms with E-state index in [1.54, 1.807) is 0 Å². The van der Waals surface area contributed by atoms with Gasteiger partial charge in [-0.1, -0.05) is 32.0 Å². The summed E-state index contributed by atoms with van der Waals surface area (Å²) in [4.78, 5) is 10.6. The Bertz CT molecular complexity index is 721. The van der Waals surface area contributed by atoms with E-state index in [0.717, 1.165) is 29.8 Å². The van der Waals surface area contributed by atoms with E-state index in [1.807, 2.05) is 24.3 Å². The lowest BCUT2D eigenvalue weighted by Gasteiger charge is -2.14. The first kappa shape index (κ1) is 15.4. The Hall–Kier alpha value is -2.49. The van der Waals surface area contributed by atoms with Crippen LogP contribution < -0.4 is 11.1 Å². The molecule has 0 aliphatic heterocycles. The van der Waals surface area contributed by atoms with E-state index >= 15 is 0 Å². The largest absolute Gasteiger partial charge is 0.445 e. The second-order valence-electron chi connectivity index (χ2n) is 6.93. The van der Waals surface area contributed by atoms with E-state index in [-0.39, 0.29) is 6.61 Å². The molecule has 0 spiro atoms. The first-order chi connectivity index (χ1) is 10.9. The maximum absolute atomic E-state index is 10.6. The van der Waals surface area contributed by atoms with Crippen molar-refractivity contribution >= 4 is 17.5 Å². The number of benzene rings is 2. The van der Waals surface area contributed by atoms with Crippen molar-refractivity contribution in [3.63, 3.8) is 0 Å². The van der Waals surface area contributed by atoms with Crippen molar-refractivity contribution in [1.82, 2.24) is 0 Å². The van der Waals surface area contributed by atoms with Gasteiger partial charge in [-0.05, 0) is 59.2 Å². The van der Waals surface area contributed by atoms with Gasteiger partial charge in [0.1, 0.15) is 6.61 Å². The lowest BCUT2D eigenvalue weighted by atomic mass is 9.90. The zero-order valence-electron chi connectivity index (χ0n) is 13.6. The number of nitrogens with two attached hydrogens (primary N) is 1. The zero-order valence-corrected chi connectivity index (χ0v) is 13.6. The van der Waals surface area contributed by atoms with Crippen molar-refractivity contribution in [2.75, 3.05) is 5.32 Å². The molecule has 0 aromatic heterocycles. The fourth-order valence-corrected chi connectivity index (χ4v) is 3.14. The first-order valence-electron chi connectivity index (χ1n) is 7.81. The van der Waals surface area contributed by atoms with Gasteiger partial charge in [0.25, 0.3) is 0 Å². The standard InChI is InChI=1S/C19H22N2O2/c1-19(2)10-14-5-8-17(9-15(14)11-19)21-16-6-3-13(4-7-16)12-23-18(20)22/h3-9,21H,10-12H2,1-2H3,(H2,20,22). The van der Waals surface area contributed by atoms with Gasteiger partial charge < -0.3 is 15.8 Å². The van der Waals surface area contributed by atoms with Crippen molar-refractivity contribution < 1.29 is 9.53 Å². The summed E-state index contributed by atoms with van der Waals surface area (Å²) >= 11 is 0. The van der Waals surface area contributed by atoms with Crippen LogP contribution in [-0.4, -0.2) is 6.09 Å². The lowest BCUT2D eigenvalue weighted by Crippen LogP contribution is -2.12. The Morgan fingerprint density at radius 2 is 1.74 bits per heavy atom. The third-order valence-corrected chi connectivity index (χ3v) is 4.17. The molecule has 2 aromatic carbocycles. The molecule has 4 heteroatoms. The van der Waals surface area contributed by atoms with Gasteiger partial charge in [0.2, 0.25) is 0 Å². The first-order valence-corrected chi connectivity index (χ1v) is 7.81. The molecule has 0 saturated heterocycles. The fraction of sp³-hybridized carbons (Fsp3) is 0.316. The van der Waals surface area contributed by atoms with Gasteiger partial charge in [-0.2, -0.15) is 0 Å². The molecule has 1 aliphatic rings. The van der Waals surface area contributed by atoms with E-state index in [0.29, 0.717) is 5.41 Å². The Morgan fingerprint density at radius 1 is 1.09 bits per heavy atom. The molecule has 4 nitrogen and oxygen atoms in total. The van der Waals surface area contributed by atoms with Gasteiger partial charge >= 0.3 is 6.09 Å². The van der Waals surface area contributed by atoms with E-state index in [2.05, 4.69) is 37.4 Å². The minimum Gasteiger partial charge on any atom is -0.445 e. The number of carbonyl (C=O) groups is 1. The van der Waals surface area contributed by atoms with E-state index in [1.165, 1.54) is 11.1 Å². The van der Waals surface area contributed by atoms with Crippen LogP contribution in [0.3, 0.4) is 0 Å². The van der Waals surface area contributed by atoms with Crippen molar-refractivity contribution in [1.29, 1.82) is 0 Å². The Kier molecular flexibility index (Phi) is 3.99. The molecule has 23 heavy (non-hydrogen) atoms. The van der Waals surface area contributed by atoms with Gasteiger partial charge in [0.05, 0.1) is 0 Å². The molecule has 0 unspecified atom stereocenters. The Morgan fingerprint density at radius 3 is 2.43 bits per heavy atom. The van der Waals surface area contributed by atoms with E-state index in [9.17, 15) is 4.79 Å². The van der Waals surface area contributed by atoms with Gasteiger partial charge in [-0.25, -0.2) is 4.79 Å². The summed E-state index contributed by atoms with van der Waals surface area (Å²) in [5.41, 5.74) is 11.2. The highest BCUT2D eigenvalue weighted by molar-refractivity contribution is 5.65. The van der Waals surface area contributed by atoms with Crippen LogP contribution in [0.1, 0.15) is 30.5 Å². The van der Waals surface area contributed by atoms with Crippen LogP contribution in [-0.2, 0) is 24.2 Å². The van der Waals surface area contributed by atoms with Crippen molar-refractivity contribution in [2.45, 2.75) is 33.3 Å². The quantitative estimate of drug-likeness (QED) is 0.891. The zero-order chi connectivity index (χ0) is 16.4. The number of carbonyl (C=O) groups excluding carboxylic acids is 1. The summed E-state index contributed by atoms with van der Waals surface area (Å²) in [7, 11) is 0. The second-order valence-corrected chi connectivity index (χ2v) is 6.93. The highest BCUT2D eigenvalue weighted by Crippen LogP contribution is 2.37. The van der Waals surface area contributed by atoms with Crippen LogP contribution in [0.15, 0.2) is 42.5 Å². The Balaban J connectivity index is 1.67. The normalized spacial score (nSPS) is 15.0. The monoisotopic (exact) mass is 310 g/mol. The van der Waals surface area contributed by atoms with E-state index in [4.69, 9.17) is 10.5 Å². The molecule has 0 fully saturated rings. The number of amides is 1. The summed E-state index contributed by atoms with van der Waals surface area (Å²) in [5.74, 6) is 0. The minimum absolute atomic E-state index is 0.198. The maximum atomic E-state index is 10.6. The smallest absolute Gasteiger partial charge is 0.404 e. The predicted octanol–water partition coefficient (Wildman–Crippen LogP) is 4.15. The summed E-state index contributed by atoms with van der Waals surface area (Å²) in [6.07, 6.45) is 1.52. The van der Waals surface area contributed by atoms with Crippen LogP contribution in [0.4, 0.5) is 16.2 Å². The number of rotatable bonds is 4. The highest BCUT2D eigenvalue weighted by atomic mass is 16.5. The van der Waals surface area contributed by atoms with Gasteiger partial charge in [0, 0.05) is 11.4 Å². The van der Waals surface area contributed by atoms with Crippen LogP contribution in [0, 0.1) is 5.41 Å². The van der Waals surface area contributed by atoms with Crippen LogP contribution in [0.25, 0.3) is 0 Å². The number of nitrogens with one attached hydrogen (secondary N) is 1. The number of hydrogen-bond donors (Lipinski definition) is 2. The molecule has 2 aromatic rings. The SMILES string of the molecule is CC1(C)Cc2ccc(Nc3ccc(COC(N)=O)cc3)cc2C1. The number of hydrogen-bond acceptors (Lipinski definition) is 3. The van der Waals surface area contributed by atoms with Crippen molar-refractivity contribution in [3.8, 4) is 0 Å². The summed E-state index contributed by atoms with van der Waals surface area (Å²) in [5, 5.41) is 3.42. The predicted molar refractivity (Wildman–Crippen MR) is 91.7 cm³/mol. The molecule has 120 valence electrons. The van der Waals surface area contributed by atoms with Crippen LogP contribution in [0.2, 0.25) is 0 Å². The molecule has 1 amide bonds. The maximum Gasteiger partial charge on any atom is 0.404 e. The molecule has 0 atom stereocenters. The molecule has 0 radical (unpaired) electrons. The fourth-order valence-electron chi connectivity index (χ4n) is 3.14. The molecule has 3 rings (SSSR count). The number of ether oxygens (including phenoxy) is 1. The van der Waals surface area contributed by atoms with Gasteiger partial charge in [-0.15, -0.1) is 0 Å². The summed E-state index contributed by atoms with van der Waals surface area (Å²) in [6.45, 7) is 4.82. The van der Waals surface area contributed by atoms with Gasteiger partial charge in [0.15, 0.2) is 0 Å². The van der Waals surface area contributed by atoms with Gasteiger partial charge in [-0.3, -0.25) is 0 Å². The van der Waals surface area contributed by atoms with E-state index < -0.39 is 6.09 Å². The molecule has 3 N–H and O–H groups in total. The Labute approximate surface area is 136 Å². The molecular formula is C19H22N2O2. The topological polar surface area (TPSA) is 64.3 Å². The summed E-state index contributed by atoms with van der Waals surface area (Å²) in [6, 6.07) is 14.4. The average Bonchev–Trinajstić information content (AvgIpc) is 2.79. The summed E-state index contributed by atoms with van der Waals surface area (Å²) < 4.78 is 4.77. The molecule has 0 saturated carbocycles. The lowest BCUT2D eigenvalue weighted by molar-refractivity contribution is 0.150. The number of fused-ring (bicyclic) bond motifs is 1. The average molecular weight is 310 g/mol. The van der Waals surface area contributed by atoms with Crippen molar-refractivity contribution in [2.24, 2.45) is 11.1 Å². The second kappa shape index (κ2) is 5.95.